The van der Waals surface area contributed by atoms with Gasteiger partial charge < -0.3 is 5.32 Å². The Bertz CT molecular complexity index is 399. The molecule has 1 nitrogen and oxygen atoms in total. The highest BCUT2D eigenvalue weighted by molar-refractivity contribution is 5.77. The minimum Gasteiger partial charge on any atom is -0.355 e. The molecule has 0 radical (unpaired) electrons. The molecule has 0 bridgehead atoms. The number of rotatable bonds is 1. The minimum absolute atomic E-state index is 0.517. The Morgan fingerprint density at radius 1 is 1.21 bits per heavy atom. The average molecular weight is 185 g/mol. The van der Waals surface area contributed by atoms with Crippen LogP contribution in [0.25, 0.3) is 6.08 Å². The molecule has 1 N–H and O–H groups in total. The average Bonchev–Trinajstić information content (AvgIpc) is 2.16. The molecule has 0 saturated carbocycles. The first-order valence-electron chi connectivity index (χ1n) is 4.95. The lowest BCUT2D eigenvalue weighted by atomic mass is 9.94. The zero-order valence-electron chi connectivity index (χ0n) is 8.67. The first-order chi connectivity index (χ1) is 6.68. The zero-order valence-corrected chi connectivity index (χ0v) is 8.67. The van der Waals surface area contributed by atoms with Gasteiger partial charge in [-0.3, -0.25) is 0 Å². The van der Waals surface area contributed by atoms with Gasteiger partial charge in [0.05, 0.1) is 0 Å². The van der Waals surface area contributed by atoms with Crippen molar-refractivity contribution in [2.75, 3.05) is 5.32 Å². The van der Waals surface area contributed by atoms with Crippen LogP contribution in [0.3, 0.4) is 0 Å². The van der Waals surface area contributed by atoms with Gasteiger partial charge in [0.25, 0.3) is 0 Å². The summed E-state index contributed by atoms with van der Waals surface area (Å²) in [6, 6.07) is 8.29. The fourth-order valence-electron chi connectivity index (χ4n) is 1.74. The topological polar surface area (TPSA) is 12.0 Å². The molecule has 1 aromatic rings. The number of hydrogen-bond donors (Lipinski definition) is 1. The normalized spacial score (nSPS) is 14.8. The van der Waals surface area contributed by atoms with Crippen molar-refractivity contribution in [3.8, 4) is 0 Å². The Morgan fingerprint density at radius 2 is 1.93 bits per heavy atom. The molecule has 0 saturated heterocycles. The molecule has 1 heterocycles. The van der Waals surface area contributed by atoms with Gasteiger partial charge in [-0.2, -0.15) is 0 Å². The molecule has 72 valence electrons. The standard InChI is InChI=1S/C13H15N/c1-9(2)12-8-11-6-4-5-7-13(11)14-10(12)3/h4-9,14H,3H2,1-2H3. The third-order valence-electron chi connectivity index (χ3n) is 2.53. The summed E-state index contributed by atoms with van der Waals surface area (Å²) >= 11 is 0. The Labute approximate surface area is 85.2 Å². The van der Waals surface area contributed by atoms with Crippen LogP contribution in [0.2, 0.25) is 0 Å². The van der Waals surface area contributed by atoms with Crippen molar-refractivity contribution < 1.29 is 0 Å². The molecule has 0 unspecified atom stereocenters. The highest BCUT2D eigenvalue weighted by atomic mass is 14.9. The van der Waals surface area contributed by atoms with Crippen LogP contribution in [0, 0.1) is 5.92 Å². The van der Waals surface area contributed by atoms with Gasteiger partial charge in [0.2, 0.25) is 0 Å². The molecule has 14 heavy (non-hydrogen) atoms. The van der Waals surface area contributed by atoms with Crippen molar-refractivity contribution >= 4 is 11.8 Å². The number of fused-ring (bicyclic) bond motifs is 1. The van der Waals surface area contributed by atoms with Crippen LogP contribution in [0.15, 0.2) is 42.1 Å². The maximum absolute atomic E-state index is 4.04. The lowest BCUT2D eigenvalue weighted by Crippen LogP contribution is -2.10. The molecule has 0 aromatic heterocycles. The van der Waals surface area contributed by atoms with Gasteiger partial charge in [-0.1, -0.05) is 38.6 Å². The van der Waals surface area contributed by atoms with E-state index < -0.39 is 0 Å². The summed E-state index contributed by atoms with van der Waals surface area (Å²) in [5, 5.41) is 3.33. The smallest absolute Gasteiger partial charge is 0.0457 e. The summed E-state index contributed by atoms with van der Waals surface area (Å²) in [6.45, 7) is 8.41. The number of anilines is 1. The third kappa shape index (κ3) is 1.46. The highest BCUT2D eigenvalue weighted by Crippen LogP contribution is 2.31. The Morgan fingerprint density at radius 3 is 2.64 bits per heavy atom. The van der Waals surface area contributed by atoms with Crippen molar-refractivity contribution in [1.82, 2.24) is 0 Å². The monoisotopic (exact) mass is 185 g/mol. The molecule has 0 amide bonds. The van der Waals surface area contributed by atoms with Gasteiger partial charge in [-0.25, -0.2) is 0 Å². The van der Waals surface area contributed by atoms with E-state index in [1.165, 1.54) is 11.1 Å². The molecule has 1 aliphatic rings. The van der Waals surface area contributed by atoms with Crippen molar-refractivity contribution in [2.24, 2.45) is 5.92 Å². The predicted octanol–water partition coefficient (Wildman–Crippen LogP) is 3.67. The van der Waals surface area contributed by atoms with Crippen LogP contribution in [0.5, 0.6) is 0 Å². The molecule has 0 spiro atoms. The van der Waals surface area contributed by atoms with Gasteiger partial charge in [0.15, 0.2) is 0 Å². The molecular weight excluding hydrogens is 170 g/mol. The molecule has 0 aliphatic carbocycles. The van der Waals surface area contributed by atoms with Crippen molar-refractivity contribution in [3.05, 3.63) is 47.7 Å². The fourth-order valence-corrected chi connectivity index (χ4v) is 1.74. The third-order valence-corrected chi connectivity index (χ3v) is 2.53. The molecule has 0 atom stereocenters. The number of nitrogens with one attached hydrogen (secondary N) is 1. The summed E-state index contributed by atoms with van der Waals surface area (Å²) in [5.74, 6) is 0.517. The summed E-state index contributed by atoms with van der Waals surface area (Å²) in [4.78, 5) is 0. The van der Waals surface area contributed by atoms with Gasteiger partial charge in [-0.05, 0) is 29.2 Å². The van der Waals surface area contributed by atoms with Gasteiger partial charge in [0, 0.05) is 11.4 Å². The minimum atomic E-state index is 0.517. The maximum atomic E-state index is 4.04. The number of para-hydroxylation sites is 1. The van der Waals surface area contributed by atoms with E-state index in [1.54, 1.807) is 0 Å². The second kappa shape index (κ2) is 3.33. The van der Waals surface area contributed by atoms with E-state index in [2.05, 4.69) is 50.0 Å². The van der Waals surface area contributed by atoms with E-state index in [4.69, 9.17) is 0 Å². The predicted molar refractivity (Wildman–Crippen MR) is 62.0 cm³/mol. The quantitative estimate of drug-likeness (QED) is 0.704. The van der Waals surface area contributed by atoms with Crippen LogP contribution in [0.1, 0.15) is 19.4 Å². The summed E-state index contributed by atoms with van der Waals surface area (Å²) in [5.41, 5.74) is 4.73. The van der Waals surface area contributed by atoms with Crippen LogP contribution >= 0.6 is 0 Å². The summed E-state index contributed by atoms with van der Waals surface area (Å²) in [6.07, 6.45) is 2.22. The van der Waals surface area contributed by atoms with E-state index in [1.807, 2.05) is 6.07 Å². The van der Waals surface area contributed by atoms with Crippen molar-refractivity contribution in [2.45, 2.75) is 13.8 Å². The van der Waals surface area contributed by atoms with Crippen molar-refractivity contribution in [3.63, 3.8) is 0 Å². The first kappa shape index (κ1) is 9.07. The molecule has 1 aliphatic heterocycles. The lowest BCUT2D eigenvalue weighted by molar-refractivity contribution is 0.784. The van der Waals surface area contributed by atoms with Crippen LogP contribution in [0.4, 0.5) is 5.69 Å². The molecule has 2 rings (SSSR count). The highest BCUT2D eigenvalue weighted by Gasteiger charge is 2.14. The lowest BCUT2D eigenvalue weighted by Gasteiger charge is -2.23. The van der Waals surface area contributed by atoms with Gasteiger partial charge in [0.1, 0.15) is 0 Å². The Kier molecular flexibility index (Phi) is 2.16. The molecule has 1 aromatic carbocycles. The van der Waals surface area contributed by atoms with Gasteiger partial charge >= 0.3 is 0 Å². The van der Waals surface area contributed by atoms with Crippen LogP contribution in [-0.4, -0.2) is 0 Å². The van der Waals surface area contributed by atoms with Crippen LogP contribution < -0.4 is 5.32 Å². The zero-order chi connectivity index (χ0) is 10.1. The van der Waals surface area contributed by atoms with E-state index in [9.17, 15) is 0 Å². The SMILES string of the molecule is C=C1Nc2ccccc2C=C1C(C)C. The number of benzene rings is 1. The number of hydrogen-bond acceptors (Lipinski definition) is 1. The van der Waals surface area contributed by atoms with E-state index >= 15 is 0 Å². The van der Waals surface area contributed by atoms with Gasteiger partial charge in [-0.15, -0.1) is 0 Å². The fraction of sp³-hybridized carbons (Fsp3) is 0.231. The molecule has 0 fully saturated rings. The Balaban J connectivity index is 2.49. The summed E-state index contributed by atoms with van der Waals surface area (Å²) in [7, 11) is 0. The molecule has 1 heteroatoms. The van der Waals surface area contributed by atoms with E-state index in [0.717, 1.165) is 11.4 Å². The van der Waals surface area contributed by atoms with E-state index in [0.29, 0.717) is 5.92 Å². The van der Waals surface area contributed by atoms with Crippen molar-refractivity contribution in [1.29, 1.82) is 0 Å². The van der Waals surface area contributed by atoms with E-state index in [-0.39, 0.29) is 0 Å². The molecular formula is C13H15N. The summed E-state index contributed by atoms with van der Waals surface area (Å²) < 4.78 is 0. The first-order valence-corrected chi connectivity index (χ1v) is 4.95. The second-order valence-corrected chi connectivity index (χ2v) is 3.95. The number of allylic oxidation sites excluding steroid dienone is 1. The largest absolute Gasteiger partial charge is 0.355 e. The Hall–Kier alpha value is -1.50. The maximum Gasteiger partial charge on any atom is 0.0457 e. The van der Waals surface area contributed by atoms with Crippen LogP contribution in [-0.2, 0) is 0 Å². The second-order valence-electron chi connectivity index (χ2n) is 3.95.